The maximum absolute atomic E-state index is 12.5. The number of aromatic amines is 2. The minimum atomic E-state index is -0.189. The number of imidazole rings is 1. The first-order valence-electron chi connectivity index (χ1n) is 8.65. The summed E-state index contributed by atoms with van der Waals surface area (Å²) in [7, 11) is 3.19. The van der Waals surface area contributed by atoms with Gasteiger partial charge in [0, 0.05) is 18.4 Å². The standard InChI is InChI=1S/C20H20N4O3/c1-26-16-7-8-17(27-2)19-12(16)11-15(24-19)20(25)21-10-9-18-22-13-5-3-4-6-14(13)23-18/h3-8,11,24H,9-10H2,1-2H3,(H,21,25)(H,22,23). The van der Waals surface area contributed by atoms with E-state index in [-0.39, 0.29) is 5.91 Å². The fourth-order valence-corrected chi connectivity index (χ4v) is 3.15. The van der Waals surface area contributed by atoms with Gasteiger partial charge in [-0.25, -0.2) is 4.98 Å². The minimum absolute atomic E-state index is 0.189. The Labute approximate surface area is 155 Å². The van der Waals surface area contributed by atoms with Crippen LogP contribution in [0.3, 0.4) is 0 Å². The number of nitrogens with one attached hydrogen (secondary N) is 3. The number of aromatic nitrogens is 3. The number of amides is 1. The summed E-state index contributed by atoms with van der Waals surface area (Å²) in [6.07, 6.45) is 0.618. The van der Waals surface area contributed by atoms with Crippen LogP contribution in [0.25, 0.3) is 21.9 Å². The van der Waals surface area contributed by atoms with E-state index in [4.69, 9.17) is 9.47 Å². The van der Waals surface area contributed by atoms with Gasteiger partial charge in [-0.05, 0) is 30.3 Å². The quantitative estimate of drug-likeness (QED) is 0.490. The van der Waals surface area contributed by atoms with Crippen LogP contribution in [-0.2, 0) is 6.42 Å². The van der Waals surface area contributed by atoms with Gasteiger partial charge in [-0.3, -0.25) is 4.79 Å². The largest absolute Gasteiger partial charge is 0.496 e. The fraction of sp³-hybridized carbons (Fsp3) is 0.200. The van der Waals surface area contributed by atoms with Crippen LogP contribution in [0.2, 0.25) is 0 Å². The van der Waals surface area contributed by atoms with Crippen LogP contribution < -0.4 is 14.8 Å². The van der Waals surface area contributed by atoms with Gasteiger partial charge < -0.3 is 24.8 Å². The van der Waals surface area contributed by atoms with Crippen molar-refractivity contribution >= 4 is 27.8 Å². The molecule has 2 aromatic carbocycles. The molecule has 4 rings (SSSR count). The molecule has 0 aliphatic rings. The summed E-state index contributed by atoms with van der Waals surface area (Å²) in [6, 6.07) is 13.2. The van der Waals surface area contributed by atoms with E-state index in [1.54, 1.807) is 26.4 Å². The van der Waals surface area contributed by atoms with Gasteiger partial charge in [0.25, 0.3) is 5.91 Å². The van der Waals surface area contributed by atoms with Crippen LogP contribution in [0.1, 0.15) is 16.3 Å². The normalized spacial score (nSPS) is 11.0. The Morgan fingerprint density at radius 3 is 2.63 bits per heavy atom. The third-order valence-electron chi connectivity index (χ3n) is 4.49. The van der Waals surface area contributed by atoms with E-state index in [0.29, 0.717) is 30.2 Å². The molecule has 0 spiro atoms. The Morgan fingerprint density at radius 1 is 1.07 bits per heavy atom. The van der Waals surface area contributed by atoms with E-state index in [1.165, 1.54) is 0 Å². The lowest BCUT2D eigenvalue weighted by atomic mass is 10.2. The number of para-hydroxylation sites is 2. The highest BCUT2D eigenvalue weighted by atomic mass is 16.5. The van der Waals surface area contributed by atoms with Crippen molar-refractivity contribution in [2.24, 2.45) is 0 Å². The monoisotopic (exact) mass is 364 g/mol. The van der Waals surface area contributed by atoms with Crippen LogP contribution in [0.4, 0.5) is 0 Å². The van der Waals surface area contributed by atoms with Crippen LogP contribution in [-0.4, -0.2) is 41.6 Å². The van der Waals surface area contributed by atoms with E-state index < -0.39 is 0 Å². The van der Waals surface area contributed by atoms with Crippen molar-refractivity contribution in [1.82, 2.24) is 20.3 Å². The van der Waals surface area contributed by atoms with Crippen molar-refractivity contribution in [3.05, 3.63) is 54.0 Å². The lowest BCUT2D eigenvalue weighted by molar-refractivity contribution is 0.0950. The second-order valence-corrected chi connectivity index (χ2v) is 6.15. The molecule has 0 fully saturated rings. The predicted molar refractivity (Wildman–Crippen MR) is 104 cm³/mol. The third-order valence-corrected chi connectivity index (χ3v) is 4.49. The number of carbonyl (C=O) groups excluding carboxylic acids is 1. The Morgan fingerprint density at radius 2 is 1.85 bits per heavy atom. The highest BCUT2D eigenvalue weighted by Gasteiger charge is 2.15. The second-order valence-electron chi connectivity index (χ2n) is 6.15. The third kappa shape index (κ3) is 3.19. The van der Waals surface area contributed by atoms with Crippen LogP contribution in [0.15, 0.2) is 42.5 Å². The topological polar surface area (TPSA) is 92.0 Å². The Bertz CT molecular complexity index is 1040. The number of carbonyl (C=O) groups is 1. The first kappa shape index (κ1) is 17.0. The maximum atomic E-state index is 12.5. The number of hydrogen-bond donors (Lipinski definition) is 3. The molecule has 3 N–H and O–H groups in total. The smallest absolute Gasteiger partial charge is 0.267 e. The molecular weight excluding hydrogens is 344 g/mol. The van der Waals surface area contributed by atoms with Crippen LogP contribution in [0.5, 0.6) is 11.5 Å². The summed E-state index contributed by atoms with van der Waals surface area (Å²) < 4.78 is 10.7. The lowest BCUT2D eigenvalue weighted by Gasteiger charge is -2.05. The number of H-pyrrole nitrogens is 2. The van der Waals surface area contributed by atoms with Gasteiger partial charge in [-0.2, -0.15) is 0 Å². The van der Waals surface area contributed by atoms with Gasteiger partial charge in [-0.15, -0.1) is 0 Å². The van der Waals surface area contributed by atoms with Gasteiger partial charge in [0.1, 0.15) is 23.0 Å². The molecule has 0 unspecified atom stereocenters. The Kier molecular flexibility index (Phi) is 4.42. The molecule has 0 bridgehead atoms. The van der Waals surface area contributed by atoms with Gasteiger partial charge >= 0.3 is 0 Å². The zero-order chi connectivity index (χ0) is 18.8. The zero-order valence-corrected chi connectivity index (χ0v) is 15.1. The fourth-order valence-electron chi connectivity index (χ4n) is 3.15. The molecule has 2 heterocycles. The molecule has 7 nitrogen and oxygen atoms in total. The SMILES string of the molecule is COc1ccc(OC)c2[nH]c(C(=O)NCCc3nc4ccccc4[nH]3)cc12. The number of methoxy groups -OCH3 is 2. The maximum Gasteiger partial charge on any atom is 0.267 e. The van der Waals surface area contributed by atoms with Crippen molar-refractivity contribution in [2.45, 2.75) is 6.42 Å². The van der Waals surface area contributed by atoms with Gasteiger partial charge in [-0.1, -0.05) is 12.1 Å². The molecule has 0 saturated carbocycles. The van der Waals surface area contributed by atoms with E-state index in [2.05, 4.69) is 20.3 Å². The molecule has 0 aliphatic heterocycles. The number of hydrogen-bond acceptors (Lipinski definition) is 4. The number of ether oxygens (including phenoxy) is 2. The van der Waals surface area contributed by atoms with Crippen molar-refractivity contribution in [2.75, 3.05) is 20.8 Å². The van der Waals surface area contributed by atoms with E-state index in [9.17, 15) is 4.79 Å². The van der Waals surface area contributed by atoms with Gasteiger partial charge in [0.15, 0.2) is 0 Å². The zero-order valence-electron chi connectivity index (χ0n) is 15.1. The van der Waals surface area contributed by atoms with Crippen molar-refractivity contribution in [3.8, 4) is 11.5 Å². The Hall–Kier alpha value is -3.48. The highest BCUT2D eigenvalue weighted by Crippen LogP contribution is 2.33. The molecule has 7 heteroatoms. The summed E-state index contributed by atoms with van der Waals surface area (Å²) >= 11 is 0. The molecule has 0 radical (unpaired) electrons. The first-order valence-corrected chi connectivity index (χ1v) is 8.65. The van der Waals surface area contributed by atoms with E-state index >= 15 is 0 Å². The molecule has 4 aromatic rings. The summed E-state index contributed by atoms with van der Waals surface area (Å²) in [5.41, 5.74) is 3.11. The van der Waals surface area contributed by atoms with Gasteiger partial charge in [0.05, 0.1) is 30.8 Å². The number of rotatable bonds is 6. The summed E-state index contributed by atoms with van der Waals surface area (Å²) in [5, 5.41) is 3.72. The van der Waals surface area contributed by atoms with Crippen molar-refractivity contribution < 1.29 is 14.3 Å². The molecule has 0 saturated heterocycles. The van der Waals surface area contributed by atoms with Crippen molar-refractivity contribution in [1.29, 1.82) is 0 Å². The van der Waals surface area contributed by atoms with Crippen LogP contribution in [0, 0.1) is 0 Å². The first-order chi connectivity index (χ1) is 13.2. The molecule has 138 valence electrons. The molecular formula is C20H20N4O3. The van der Waals surface area contributed by atoms with E-state index in [0.717, 1.165) is 27.8 Å². The van der Waals surface area contributed by atoms with Gasteiger partial charge in [0.2, 0.25) is 0 Å². The number of nitrogens with zero attached hydrogens (tertiary/aromatic N) is 1. The molecule has 2 aromatic heterocycles. The Balaban J connectivity index is 1.47. The summed E-state index contributed by atoms with van der Waals surface area (Å²) in [5.74, 6) is 2.00. The molecule has 0 aliphatic carbocycles. The highest BCUT2D eigenvalue weighted by molar-refractivity contribution is 6.01. The minimum Gasteiger partial charge on any atom is -0.496 e. The molecule has 1 amide bonds. The number of benzene rings is 2. The predicted octanol–water partition coefficient (Wildman–Crippen LogP) is 3.03. The lowest BCUT2D eigenvalue weighted by Crippen LogP contribution is -2.26. The average molecular weight is 364 g/mol. The second kappa shape index (κ2) is 7.03. The molecule has 0 atom stereocenters. The van der Waals surface area contributed by atoms with E-state index in [1.807, 2.05) is 30.3 Å². The summed E-state index contributed by atoms with van der Waals surface area (Å²) in [4.78, 5) is 23.4. The average Bonchev–Trinajstić information content (AvgIpc) is 3.31. The van der Waals surface area contributed by atoms with Crippen molar-refractivity contribution in [3.63, 3.8) is 0 Å². The van der Waals surface area contributed by atoms with Crippen LogP contribution >= 0.6 is 0 Å². The number of fused-ring (bicyclic) bond motifs is 2. The molecule has 27 heavy (non-hydrogen) atoms. The summed E-state index contributed by atoms with van der Waals surface area (Å²) in [6.45, 7) is 0.474.